The number of carbonyl (C=O) groups is 2. The van der Waals surface area contributed by atoms with Crippen molar-refractivity contribution in [2.75, 3.05) is 17.3 Å². The maximum Gasteiger partial charge on any atom is 0.260 e. The van der Waals surface area contributed by atoms with E-state index in [-0.39, 0.29) is 23.3 Å². The van der Waals surface area contributed by atoms with Gasteiger partial charge in [0.1, 0.15) is 5.82 Å². The molecule has 1 fully saturated rings. The highest BCUT2D eigenvalue weighted by molar-refractivity contribution is 6.11. The highest BCUT2D eigenvalue weighted by Crippen LogP contribution is 2.38. The summed E-state index contributed by atoms with van der Waals surface area (Å²) >= 11 is 0. The van der Waals surface area contributed by atoms with Crippen LogP contribution in [0.5, 0.6) is 0 Å². The van der Waals surface area contributed by atoms with Crippen molar-refractivity contribution in [1.82, 2.24) is 0 Å². The second-order valence-corrected chi connectivity index (χ2v) is 6.20. The number of nitrogens with zero attached hydrogens (tertiary/aromatic N) is 1. The standard InChI is InChI=1S/C19H19FN2O2/c1-12-10-15(12)18(23)21-17-9-8-13(20)11-16(17)19(24)22(2)14-6-4-3-5-7-14/h3-9,11-12,15H,10H2,1-2H3,(H,21,23)/t12-,15+/m1/s1. The molecule has 2 atom stereocenters. The summed E-state index contributed by atoms with van der Waals surface area (Å²) in [5.74, 6) is -0.676. The van der Waals surface area contributed by atoms with E-state index in [2.05, 4.69) is 5.32 Å². The number of benzene rings is 2. The Labute approximate surface area is 140 Å². The van der Waals surface area contributed by atoms with Crippen molar-refractivity contribution in [3.63, 3.8) is 0 Å². The summed E-state index contributed by atoms with van der Waals surface area (Å²) in [5, 5.41) is 2.76. The summed E-state index contributed by atoms with van der Waals surface area (Å²) in [6.45, 7) is 2.00. The lowest BCUT2D eigenvalue weighted by molar-refractivity contribution is -0.117. The van der Waals surface area contributed by atoms with Crippen LogP contribution in [0.1, 0.15) is 23.7 Å². The minimum atomic E-state index is -0.516. The molecule has 0 spiro atoms. The predicted molar refractivity (Wildman–Crippen MR) is 91.5 cm³/mol. The van der Waals surface area contributed by atoms with E-state index in [0.717, 1.165) is 12.5 Å². The molecule has 0 aliphatic heterocycles. The van der Waals surface area contributed by atoms with Gasteiger partial charge in [-0.05, 0) is 42.7 Å². The molecule has 4 nitrogen and oxygen atoms in total. The smallest absolute Gasteiger partial charge is 0.260 e. The van der Waals surface area contributed by atoms with Crippen molar-refractivity contribution in [3.05, 3.63) is 59.9 Å². The van der Waals surface area contributed by atoms with E-state index in [9.17, 15) is 14.0 Å². The van der Waals surface area contributed by atoms with E-state index in [1.165, 1.54) is 17.0 Å². The first-order chi connectivity index (χ1) is 11.5. The highest BCUT2D eigenvalue weighted by atomic mass is 19.1. The number of amides is 2. The molecular formula is C19H19FN2O2. The van der Waals surface area contributed by atoms with Crippen LogP contribution in [0.25, 0.3) is 0 Å². The molecule has 0 bridgehead atoms. The van der Waals surface area contributed by atoms with E-state index < -0.39 is 5.82 Å². The zero-order valence-corrected chi connectivity index (χ0v) is 13.6. The molecule has 2 aromatic carbocycles. The third-order valence-corrected chi connectivity index (χ3v) is 4.36. The number of anilines is 2. The average Bonchev–Trinajstić information content (AvgIpc) is 3.33. The van der Waals surface area contributed by atoms with E-state index in [0.29, 0.717) is 17.3 Å². The van der Waals surface area contributed by atoms with Crippen LogP contribution in [0.15, 0.2) is 48.5 Å². The first kappa shape index (κ1) is 16.2. The summed E-state index contributed by atoms with van der Waals surface area (Å²) in [7, 11) is 1.62. The van der Waals surface area contributed by atoms with E-state index in [4.69, 9.17) is 0 Å². The number of carbonyl (C=O) groups excluding carboxylic acids is 2. The number of hydrogen-bond donors (Lipinski definition) is 1. The summed E-state index contributed by atoms with van der Waals surface area (Å²) in [4.78, 5) is 26.3. The van der Waals surface area contributed by atoms with E-state index >= 15 is 0 Å². The Morgan fingerprint density at radius 1 is 1.17 bits per heavy atom. The minimum Gasteiger partial charge on any atom is -0.325 e. The van der Waals surface area contributed by atoms with Crippen molar-refractivity contribution in [3.8, 4) is 0 Å². The zero-order valence-electron chi connectivity index (χ0n) is 13.6. The molecule has 0 heterocycles. The van der Waals surface area contributed by atoms with Crippen molar-refractivity contribution < 1.29 is 14.0 Å². The van der Waals surface area contributed by atoms with E-state index in [1.54, 1.807) is 19.2 Å². The number of nitrogens with one attached hydrogen (secondary N) is 1. The largest absolute Gasteiger partial charge is 0.325 e. The van der Waals surface area contributed by atoms with Crippen LogP contribution in [0.3, 0.4) is 0 Å². The maximum atomic E-state index is 13.7. The van der Waals surface area contributed by atoms with Crippen LogP contribution < -0.4 is 10.2 Å². The SMILES string of the molecule is C[C@@H]1C[C@@H]1C(=O)Nc1ccc(F)cc1C(=O)N(C)c1ccccc1. The topological polar surface area (TPSA) is 49.4 Å². The van der Waals surface area contributed by atoms with Gasteiger partial charge >= 0.3 is 0 Å². The molecule has 2 amide bonds. The molecule has 1 aliphatic rings. The lowest BCUT2D eigenvalue weighted by atomic mass is 10.1. The second-order valence-electron chi connectivity index (χ2n) is 6.20. The van der Waals surface area contributed by atoms with Crippen LogP contribution >= 0.6 is 0 Å². The van der Waals surface area contributed by atoms with Gasteiger partial charge in [-0.2, -0.15) is 0 Å². The molecule has 124 valence electrons. The number of hydrogen-bond acceptors (Lipinski definition) is 2. The van der Waals surface area contributed by atoms with Gasteiger partial charge in [-0.25, -0.2) is 4.39 Å². The predicted octanol–water partition coefficient (Wildman–Crippen LogP) is 3.70. The minimum absolute atomic E-state index is 0.0233. The Kier molecular flexibility index (Phi) is 4.34. The van der Waals surface area contributed by atoms with Crippen molar-refractivity contribution in [2.24, 2.45) is 11.8 Å². The Hall–Kier alpha value is -2.69. The van der Waals surface area contributed by atoms with Gasteiger partial charge < -0.3 is 10.2 Å². The van der Waals surface area contributed by atoms with Gasteiger partial charge in [-0.15, -0.1) is 0 Å². The Morgan fingerprint density at radius 3 is 2.46 bits per heavy atom. The zero-order chi connectivity index (χ0) is 17.3. The second kappa shape index (κ2) is 6.43. The van der Waals surface area contributed by atoms with Gasteiger partial charge in [-0.3, -0.25) is 9.59 Å². The van der Waals surface area contributed by atoms with Crippen LogP contribution in [-0.4, -0.2) is 18.9 Å². The van der Waals surface area contributed by atoms with Gasteiger partial charge in [0.2, 0.25) is 5.91 Å². The summed E-state index contributed by atoms with van der Waals surface area (Å²) in [5.41, 5.74) is 1.18. The maximum absolute atomic E-state index is 13.7. The van der Waals surface area contributed by atoms with Gasteiger partial charge in [0.25, 0.3) is 5.91 Å². The number of para-hydroxylation sites is 1. The molecule has 0 saturated heterocycles. The molecule has 0 radical (unpaired) electrons. The first-order valence-electron chi connectivity index (χ1n) is 7.91. The average molecular weight is 326 g/mol. The van der Waals surface area contributed by atoms with Crippen LogP contribution in [0.2, 0.25) is 0 Å². The Morgan fingerprint density at radius 2 is 1.83 bits per heavy atom. The normalized spacial score (nSPS) is 18.8. The molecule has 5 heteroatoms. The van der Waals surface area contributed by atoms with Crippen LogP contribution in [0, 0.1) is 17.7 Å². The summed E-state index contributed by atoms with van der Waals surface area (Å²) in [6.07, 6.45) is 0.847. The van der Waals surface area contributed by atoms with Crippen molar-refractivity contribution in [2.45, 2.75) is 13.3 Å². The molecule has 1 saturated carbocycles. The van der Waals surface area contributed by atoms with Crippen molar-refractivity contribution >= 4 is 23.2 Å². The highest BCUT2D eigenvalue weighted by Gasteiger charge is 2.39. The molecule has 1 aliphatic carbocycles. The van der Waals surface area contributed by atoms with Gasteiger partial charge in [0, 0.05) is 18.7 Å². The number of halogens is 1. The Bertz CT molecular complexity index is 776. The Balaban J connectivity index is 1.87. The van der Waals surface area contributed by atoms with E-state index in [1.807, 2.05) is 25.1 Å². The van der Waals surface area contributed by atoms with Gasteiger partial charge in [0.05, 0.1) is 11.3 Å². The molecule has 0 unspecified atom stereocenters. The van der Waals surface area contributed by atoms with Crippen LogP contribution in [0.4, 0.5) is 15.8 Å². The third kappa shape index (κ3) is 3.30. The summed E-state index contributed by atoms with van der Waals surface area (Å²) in [6, 6.07) is 12.9. The molecule has 0 aromatic heterocycles. The monoisotopic (exact) mass is 326 g/mol. The quantitative estimate of drug-likeness (QED) is 0.931. The van der Waals surface area contributed by atoms with Gasteiger partial charge in [-0.1, -0.05) is 25.1 Å². The van der Waals surface area contributed by atoms with Crippen molar-refractivity contribution in [1.29, 1.82) is 0 Å². The summed E-state index contributed by atoms with van der Waals surface area (Å²) < 4.78 is 13.7. The fraction of sp³-hybridized carbons (Fsp3) is 0.263. The molecule has 3 rings (SSSR count). The molecular weight excluding hydrogens is 307 g/mol. The molecule has 1 N–H and O–H groups in total. The first-order valence-corrected chi connectivity index (χ1v) is 7.91. The lowest BCUT2D eigenvalue weighted by Gasteiger charge is -2.19. The molecule has 24 heavy (non-hydrogen) atoms. The van der Waals surface area contributed by atoms with Crippen LogP contribution in [-0.2, 0) is 4.79 Å². The molecule has 2 aromatic rings. The fourth-order valence-corrected chi connectivity index (χ4v) is 2.66. The fourth-order valence-electron chi connectivity index (χ4n) is 2.66. The third-order valence-electron chi connectivity index (χ3n) is 4.36. The van der Waals surface area contributed by atoms with Gasteiger partial charge in [0.15, 0.2) is 0 Å². The number of rotatable bonds is 4. The lowest BCUT2D eigenvalue weighted by Crippen LogP contribution is -2.28.